The van der Waals surface area contributed by atoms with Crippen LogP contribution in [-0.4, -0.2) is 53.6 Å². The number of rotatable bonds is 11. The summed E-state index contributed by atoms with van der Waals surface area (Å²) in [5.74, 6) is 3.53. The van der Waals surface area contributed by atoms with Gasteiger partial charge in [0.1, 0.15) is 17.3 Å². The number of aromatic nitrogens is 3. The Morgan fingerprint density at radius 1 is 1.06 bits per heavy atom. The Hall–Kier alpha value is -2.55. The van der Waals surface area contributed by atoms with Crippen molar-refractivity contribution < 1.29 is 14.2 Å². The smallest absolute Gasteiger partial charge is 0.191 e. The quantitative estimate of drug-likeness (QED) is 0.346. The van der Waals surface area contributed by atoms with Crippen molar-refractivity contribution in [2.24, 2.45) is 0 Å². The fraction of sp³-hybridized carbons (Fsp3) is 0.481. The summed E-state index contributed by atoms with van der Waals surface area (Å²) in [5, 5.41) is 10.1. The van der Waals surface area contributed by atoms with Gasteiger partial charge in [-0.2, -0.15) is 0 Å². The van der Waals surface area contributed by atoms with Crippen molar-refractivity contribution in [1.82, 2.24) is 19.7 Å². The first kappa shape index (κ1) is 25.5. The lowest BCUT2D eigenvalue weighted by molar-refractivity contribution is 0.0934. The Kier molecular flexibility index (Phi) is 8.70. The van der Waals surface area contributed by atoms with Crippen molar-refractivity contribution in [3.05, 3.63) is 64.5 Å². The molecule has 1 fully saturated rings. The molecular formula is C27H36N4O3S. The summed E-state index contributed by atoms with van der Waals surface area (Å²) in [6.07, 6.45) is 2.42. The number of hydrogen-bond acceptors (Lipinski definition) is 7. The van der Waals surface area contributed by atoms with E-state index in [0.29, 0.717) is 6.54 Å². The fourth-order valence-corrected chi connectivity index (χ4v) is 5.62. The minimum absolute atomic E-state index is 0.220. The molecule has 3 aromatic rings. The summed E-state index contributed by atoms with van der Waals surface area (Å²) in [5.41, 5.74) is 4.75. The van der Waals surface area contributed by atoms with E-state index in [2.05, 4.69) is 64.0 Å². The van der Waals surface area contributed by atoms with Crippen LogP contribution < -0.4 is 9.47 Å². The Balaban J connectivity index is 1.51. The van der Waals surface area contributed by atoms with Crippen molar-refractivity contribution in [3.8, 4) is 11.5 Å². The Morgan fingerprint density at radius 2 is 1.89 bits per heavy atom. The molecular weight excluding hydrogens is 460 g/mol. The molecule has 2 heterocycles. The van der Waals surface area contributed by atoms with Crippen molar-refractivity contribution in [1.29, 1.82) is 0 Å². The van der Waals surface area contributed by atoms with Crippen molar-refractivity contribution in [3.63, 3.8) is 0 Å². The van der Waals surface area contributed by atoms with Gasteiger partial charge in [0, 0.05) is 30.0 Å². The summed E-state index contributed by atoms with van der Waals surface area (Å²) in [7, 11) is 5.49. The van der Waals surface area contributed by atoms with Gasteiger partial charge in [-0.3, -0.25) is 4.90 Å². The first-order valence-electron chi connectivity index (χ1n) is 12.1. The average molecular weight is 497 g/mol. The van der Waals surface area contributed by atoms with E-state index in [0.717, 1.165) is 71.9 Å². The van der Waals surface area contributed by atoms with Gasteiger partial charge in [0.25, 0.3) is 0 Å². The molecule has 0 N–H and O–H groups in total. The van der Waals surface area contributed by atoms with E-state index in [9.17, 15) is 0 Å². The summed E-state index contributed by atoms with van der Waals surface area (Å²) < 4.78 is 19.4. The number of thioether (sulfide) groups is 1. The van der Waals surface area contributed by atoms with Crippen LogP contribution in [0.1, 0.15) is 40.9 Å². The van der Waals surface area contributed by atoms with Gasteiger partial charge < -0.3 is 18.8 Å². The van der Waals surface area contributed by atoms with Gasteiger partial charge in [0.15, 0.2) is 5.16 Å². The third-order valence-electron chi connectivity index (χ3n) is 6.54. The van der Waals surface area contributed by atoms with Crippen LogP contribution in [0.4, 0.5) is 0 Å². The number of hydrogen-bond donors (Lipinski definition) is 0. The molecule has 1 aliphatic heterocycles. The van der Waals surface area contributed by atoms with Crippen LogP contribution >= 0.6 is 11.8 Å². The standard InChI is InChI=1S/C27H36N4O3S/c1-19-9-6-7-10-22(19)18-35-27-29-28-25(31(27)16-23-11-8-14-34-23)17-30(3)15-21-12-13-24(32-4)20(2)26(21)33-5/h6-7,9-10,12-13,23H,8,11,14-18H2,1-5H3/t23-/m0/s1. The molecule has 1 saturated heterocycles. The van der Waals surface area contributed by atoms with Gasteiger partial charge in [-0.15, -0.1) is 10.2 Å². The Bertz CT molecular complexity index is 1130. The van der Waals surface area contributed by atoms with E-state index < -0.39 is 0 Å². The zero-order valence-corrected chi connectivity index (χ0v) is 22.2. The van der Waals surface area contributed by atoms with Crippen molar-refractivity contribution >= 4 is 11.8 Å². The molecule has 0 bridgehead atoms. The number of ether oxygens (including phenoxy) is 3. The van der Waals surface area contributed by atoms with Crippen LogP contribution in [0, 0.1) is 13.8 Å². The fourth-order valence-electron chi connectivity index (χ4n) is 4.58. The Labute approximate surface area is 212 Å². The van der Waals surface area contributed by atoms with Crippen LogP contribution in [0.15, 0.2) is 41.6 Å². The normalized spacial score (nSPS) is 15.7. The molecule has 7 nitrogen and oxygen atoms in total. The highest BCUT2D eigenvalue weighted by Crippen LogP contribution is 2.32. The second-order valence-corrected chi connectivity index (χ2v) is 10.1. The molecule has 188 valence electrons. The molecule has 1 atom stereocenters. The van der Waals surface area contributed by atoms with Crippen molar-refractivity contribution in [2.75, 3.05) is 27.9 Å². The number of aryl methyl sites for hydroxylation is 1. The van der Waals surface area contributed by atoms with Crippen LogP contribution in [0.2, 0.25) is 0 Å². The van der Waals surface area contributed by atoms with E-state index >= 15 is 0 Å². The summed E-state index contributed by atoms with van der Waals surface area (Å²) in [6.45, 7) is 7.22. The van der Waals surface area contributed by atoms with E-state index in [4.69, 9.17) is 14.2 Å². The maximum atomic E-state index is 5.96. The highest BCUT2D eigenvalue weighted by Gasteiger charge is 2.22. The maximum absolute atomic E-state index is 5.96. The molecule has 4 rings (SSSR count). The van der Waals surface area contributed by atoms with E-state index in [1.54, 1.807) is 26.0 Å². The summed E-state index contributed by atoms with van der Waals surface area (Å²) in [6, 6.07) is 12.6. The van der Waals surface area contributed by atoms with Crippen LogP contribution in [-0.2, 0) is 30.1 Å². The van der Waals surface area contributed by atoms with E-state index in [1.165, 1.54) is 11.1 Å². The first-order chi connectivity index (χ1) is 17.0. The first-order valence-corrected chi connectivity index (χ1v) is 13.1. The monoisotopic (exact) mass is 496 g/mol. The van der Waals surface area contributed by atoms with Gasteiger partial charge >= 0.3 is 0 Å². The van der Waals surface area contributed by atoms with Gasteiger partial charge in [-0.1, -0.05) is 42.1 Å². The molecule has 1 aliphatic rings. The Morgan fingerprint density at radius 3 is 2.60 bits per heavy atom. The molecule has 0 amide bonds. The molecule has 0 unspecified atom stereocenters. The number of methoxy groups -OCH3 is 2. The predicted molar refractivity (Wildman–Crippen MR) is 139 cm³/mol. The molecule has 0 aliphatic carbocycles. The third-order valence-corrected chi connectivity index (χ3v) is 7.55. The van der Waals surface area contributed by atoms with Crippen LogP contribution in [0.3, 0.4) is 0 Å². The van der Waals surface area contributed by atoms with Gasteiger partial charge in [-0.25, -0.2) is 0 Å². The van der Waals surface area contributed by atoms with Gasteiger partial charge in [0.2, 0.25) is 0 Å². The topological polar surface area (TPSA) is 61.6 Å². The molecule has 2 aromatic carbocycles. The SMILES string of the molecule is COc1ccc(CN(C)Cc2nnc(SCc3ccccc3C)n2C[C@@H]2CCCO2)c(OC)c1C. The summed E-state index contributed by atoms with van der Waals surface area (Å²) in [4.78, 5) is 2.25. The minimum Gasteiger partial charge on any atom is -0.496 e. The second kappa shape index (κ2) is 11.9. The van der Waals surface area contributed by atoms with E-state index in [-0.39, 0.29) is 6.10 Å². The van der Waals surface area contributed by atoms with Gasteiger partial charge in [-0.05, 0) is 50.9 Å². The molecule has 0 saturated carbocycles. The zero-order chi connectivity index (χ0) is 24.8. The highest BCUT2D eigenvalue weighted by molar-refractivity contribution is 7.98. The lowest BCUT2D eigenvalue weighted by atomic mass is 10.1. The molecule has 8 heteroatoms. The number of nitrogens with zero attached hydrogens (tertiary/aromatic N) is 4. The minimum atomic E-state index is 0.220. The summed E-state index contributed by atoms with van der Waals surface area (Å²) >= 11 is 1.74. The van der Waals surface area contributed by atoms with Crippen molar-refractivity contribution in [2.45, 2.75) is 63.3 Å². The second-order valence-electron chi connectivity index (χ2n) is 9.12. The predicted octanol–water partition coefficient (Wildman–Crippen LogP) is 5.02. The lowest BCUT2D eigenvalue weighted by Crippen LogP contribution is -2.23. The number of benzene rings is 2. The largest absolute Gasteiger partial charge is 0.496 e. The zero-order valence-electron chi connectivity index (χ0n) is 21.4. The molecule has 1 aromatic heterocycles. The molecule has 35 heavy (non-hydrogen) atoms. The average Bonchev–Trinajstić information content (AvgIpc) is 3.50. The van der Waals surface area contributed by atoms with Crippen LogP contribution in [0.25, 0.3) is 0 Å². The van der Waals surface area contributed by atoms with E-state index in [1.807, 2.05) is 13.0 Å². The molecule has 0 spiro atoms. The third kappa shape index (κ3) is 6.18. The molecule has 0 radical (unpaired) electrons. The maximum Gasteiger partial charge on any atom is 0.191 e. The van der Waals surface area contributed by atoms with Crippen LogP contribution in [0.5, 0.6) is 11.5 Å². The lowest BCUT2D eigenvalue weighted by Gasteiger charge is -2.21. The van der Waals surface area contributed by atoms with Gasteiger partial charge in [0.05, 0.1) is 33.4 Å². The highest BCUT2D eigenvalue weighted by atomic mass is 32.2.